The van der Waals surface area contributed by atoms with Gasteiger partial charge in [0.05, 0.1) is 12.0 Å². The van der Waals surface area contributed by atoms with Crippen molar-refractivity contribution in [3.63, 3.8) is 0 Å². The number of aliphatic hydroxyl groups is 1. The molecule has 2 heterocycles. The summed E-state index contributed by atoms with van der Waals surface area (Å²) in [6, 6.07) is 32.9. The quantitative estimate of drug-likeness (QED) is 0.106. The summed E-state index contributed by atoms with van der Waals surface area (Å²) in [7, 11) is 2.81. The maximum atomic E-state index is 14.3. The molecular weight excluding hydrogens is 727 g/mol. The number of hydrogen-bond donors (Lipinski definition) is 3. The summed E-state index contributed by atoms with van der Waals surface area (Å²) in [4.78, 5) is 29.3. The summed E-state index contributed by atoms with van der Waals surface area (Å²) >= 11 is 2.23. The number of aromatic hydroxyl groups is 1. The van der Waals surface area contributed by atoms with Gasteiger partial charge >= 0.3 is 5.69 Å². The fraction of sp³-hybridized carbons (Fsp3) is 0.243. The van der Waals surface area contributed by atoms with E-state index in [4.69, 9.17) is 18.9 Å². The number of aromatic amines is 1. The minimum Gasteiger partial charge on any atom is -0.504 e. The van der Waals surface area contributed by atoms with E-state index in [0.717, 1.165) is 3.57 Å². The van der Waals surface area contributed by atoms with Gasteiger partial charge in [-0.25, -0.2) is 4.79 Å². The molecule has 1 aliphatic rings. The predicted octanol–water partition coefficient (Wildman–Crippen LogP) is 4.67. The molecule has 0 spiro atoms. The molecule has 3 atom stereocenters. The number of phenols is 1. The Hall–Kier alpha value is -4.27. The van der Waals surface area contributed by atoms with Crippen molar-refractivity contribution in [2.24, 2.45) is 0 Å². The molecular formula is C37H35IN2O8. The van der Waals surface area contributed by atoms with E-state index in [2.05, 4.69) is 27.6 Å². The summed E-state index contributed by atoms with van der Waals surface area (Å²) < 4.78 is 28.8. The highest BCUT2D eigenvalue weighted by molar-refractivity contribution is 14.1. The van der Waals surface area contributed by atoms with Gasteiger partial charge in [-0.1, -0.05) is 84.9 Å². The average Bonchev–Trinajstić information content (AvgIpc) is 3.38. The summed E-state index contributed by atoms with van der Waals surface area (Å²) in [6.07, 6.45) is -1.18. The molecule has 10 nitrogen and oxygen atoms in total. The summed E-state index contributed by atoms with van der Waals surface area (Å²) in [5.41, 5.74) is -2.51. The number of halogens is 1. The van der Waals surface area contributed by atoms with Crippen molar-refractivity contribution >= 4 is 22.6 Å². The molecule has 1 aliphatic heterocycles. The molecule has 0 unspecified atom stereocenters. The second kappa shape index (κ2) is 13.3. The van der Waals surface area contributed by atoms with Crippen molar-refractivity contribution in [2.45, 2.75) is 36.1 Å². The third-order valence-electron chi connectivity index (χ3n) is 9.09. The second-order valence-corrected chi connectivity index (χ2v) is 12.7. The van der Waals surface area contributed by atoms with E-state index in [1.165, 1.54) is 31.0 Å². The molecule has 6 rings (SSSR count). The molecule has 248 valence electrons. The molecule has 1 fully saturated rings. The van der Waals surface area contributed by atoms with Crippen LogP contribution in [0.1, 0.15) is 22.3 Å². The van der Waals surface area contributed by atoms with Gasteiger partial charge in [0.25, 0.3) is 11.3 Å². The smallest absolute Gasteiger partial charge is 0.330 e. The molecule has 0 amide bonds. The number of aromatic nitrogens is 2. The first-order valence-electron chi connectivity index (χ1n) is 15.2. The molecule has 11 heteroatoms. The average molecular weight is 763 g/mol. The molecule has 1 saturated heterocycles. The Bertz CT molecular complexity index is 1970. The Balaban J connectivity index is 1.86. The fourth-order valence-corrected chi connectivity index (χ4v) is 7.69. The number of aliphatic hydroxyl groups excluding tert-OH is 1. The van der Waals surface area contributed by atoms with E-state index in [9.17, 15) is 19.8 Å². The van der Waals surface area contributed by atoms with Crippen LogP contribution in [0.25, 0.3) is 0 Å². The summed E-state index contributed by atoms with van der Waals surface area (Å²) in [5.74, 6) is -2.11. The Morgan fingerprint density at radius 3 is 2.04 bits per heavy atom. The number of H-pyrrole nitrogens is 1. The lowest BCUT2D eigenvalue weighted by Crippen LogP contribution is -2.72. The van der Waals surface area contributed by atoms with Crippen LogP contribution in [0.15, 0.2) is 125 Å². The third kappa shape index (κ3) is 4.99. The molecule has 4 aromatic carbocycles. The number of methoxy groups -OCH3 is 2. The molecule has 0 saturated carbocycles. The molecule has 1 aromatic heterocycles. The van der Waals surface area contributed by atoms with Gasteiger partial charge in [-0.3, -0.25) is 14.3 Å². The highest BCUT2D eigenvalue weighted by Gasteiger charge is 2.79. The Labute approximate surface area is 290 Å². The minimum absolute atomic E-state index is 0.0874. The number of aryl methyl sites for hydroxylation is 1. The van der Waals surface area contributed by atoms with E-state index in [1.807, 2.05) is 84.9 Å². The molecule has 48 heavy (non-hydrogen) atoms. The molecule has 0 radical (unpaired) electrons. The van der Waals surface area contributed by atoms with Crippen LogP contribution in [0, 0.1) is 10.5 Å². The number of rotatable bonds is 10. The van der Waals surface area contributed by atoms with Gasteiger partial charge < -0.3 is 29.2 Å². The van der Waals surface area contributed by atoms with Crippen LogP contribution in [0.3, 0.4) is 0 Å². The number of ether oxygens (including phenoxy) is 4. The zero-order valence-electron chi connectivity index (χ0n) is 26.5. The van der Waals surface area contributed by atoms with Crippen molar-refractivity contribution in [1.29, 1.82) is 0 Å². The zero-order valence-corrected chi connectivity index (χ0v) is 28.7. The summed E-state index contributed by atoms with van der Waals surface area (Å²) in [6.45, 7) is 1.13. The van der Waals surface area contributed by atoms with Gasteiger partial charge in [0, 0.05) is 30.1 Å². The molecule has 0 aliphatic carbocycles. The standard InChI is InChI=1S/C37H35IN2O8/c1-24-12-10-19-29(32(24)43)47-33-30(23-41)48-37(36(33,45-2)46-3,40-21-20-31(42)39-34(40)44)35(25-13-6-4-7-14-25,26-15-8-5-9-16-26)27-17-11-18-28(38)22-27/h4-22,30,33,41,43H,23H2,1-3H3,(H,39,42,44)/t30-,33-,37-/m1/s1. The number of phenolic OH excluding ortho intramolecular Hbond substituents is 1. The monoisotopic (exact) mass is 762 g/mol. The Morgan fingerprint density at radius 1 is 0.875 bits per heavy atom. The summed E-state index contributed by atoms with van der Waals surface area (Å²) in [5, 5.41) is 22.1. The van der Waals surface area contributed by atoms with E-state index < -0.39 is 47.0 Å². The van der Waals surface area contributed by atoms with Crippen LogP contribution in [-0.4, -0.2) is 58.6 Å². The van der Waals surface area contributed by atoms with Gasteiger partial charge in [-0.05, 0) is 70.0 Å². The van der Waals surface area contributed by atoms with Crippen LogP contribution >= 0.6 is 22.6 Å². The highest BCUT2D eigenvalue weighted by atomic mass is 127. The first-order chi connectivity index (χ1) is 23.2. The molecule has 5 aromatic rings. The lowest BCUT2D eigenvalue weighted by atomic mass is 9.59. The van der Waals surface area contributed by atoms with Crippen LogP contribution in [0.4, 0.5) is 0 Å². The van der Waals surface area contributed by atoms with Crippen LogP contribution < -0.4 is 16.0 Å². The first kappa shape index (κ1) is 33.6. The van der Waals surface area contributed by atoms with Gasteiger partial charge in [-0.2, -0.15) is 0 Å². The van der Waals surface area contributed by atoms with E-state index in [0.29, 0.717) is 22.3 Å². The number of nitrogens with zero attached hydrogens (tertiary/aromatic N) is 1. The highest BCUT2D eigenvalue weighted by Crippen LogP contribution is 2.62. The normalized spacial score (nSPS) is 20.4. The minimum atomic E-state index is -2.12. The van der Waals surface area contributed by atoms with Crippen molar-refractivity contribution in [3.05, 3.63) is 162 Å². The SMILES string of the molecule is COC1(OC)[C@H](Oc2cccc(C)c2O)[C@@H](CO)O[C@]1(n1ccc(=O)[nH]c1=O)C(c1ccccc1)(c1ccccc1)c1cccc(I)c1. The fourth-order valence-electron chi connectivity index (χ4n) is 7.15. The van der Waals surface area contributed by atoms with Crippen LogP contribution in [0.5, 0.6) is 11.5 Å². The van der Waals surface area contributed by atoms with Gasteiger partial charge in [0.15, 0.2) is 17.6 Å². The van der Waals surface area contributed by atoms with E-state index in [-0.39, 0.29) is 11.5 Å². The lowest BCUT2D eigenvalue weighted by Gasteiger charge is -2.55. The van der Waals surface area contributed by atoms with Crippen LogP contribution in [0.2, 0.25) is 0 Å². The predicted molar refractivity (Wildman–Crippen MR) is 187 cm³/mol. The topological polar surface area (TPSA) is 132 Å². The maximum absolute atomic E-state index is 14.3. The number of hydrogen-bond acceptors (Lipinski definition) is 8. The molecule has 0 bridgehead atoms. The first-order valence-corrected chi connectivity index (χ1v) is 16.3. The van der Waals surface area contributed by atoms with Gasteiger partial charge in [-0.15, -0.1) is 0 Å². The van der Waals surface area contributed by atoms with E-state index >= 15 is 0 Å². The van der Waals surface area contributed by atoms with E-state index in [1.54, 1.807) is 25.1 Å². The Morgan fingerprint density at radius 2 is 1.48 bits per heavy atom. The van der Waals surface area contributed by atoms with Crippen molar-refractivity contribution in [1.82, 2.24) is 9.55 Å². The number of nitrogens with one attached hydrogen (secondary N) is 1. The third-order valence-corrected chi connectivity index (χ3v) is 9.76. The lowest BCUT2D eigenvalue weighted by molar-refractivity contribution is -0.337. The largest absolute Gasteiger partial charge is 0.504 e. The van der Waals surface area contributed by atoms with Crippen molar-refractivity contribution in [2.75, 3.05) is 20.8 Å². The maximum Gasteiger partial charge on any atom is 0.330 e. The Kier molecular flexibility index (Phi) is 9.33. The zero-order chi connectivity index (χ0) is 34.1. The number of benzene rings is 4. The number of para-hydroxylation sites is 1. The molecule has 3 N–H and O–H groups in total. The van der Waals surface area contributed by atoms with Crippen molar-refractivity contribution in [3.8, 4) is 11.5 Å². The van der Waals surface area contributed by atoms with Crippen molar-refractivity contribution < 1.29 is 29.2 Å². The van der Waals surface area contributed by atoms with Gasteiger partial charge in [0.1, 0.15) is 6.10 Å². The van der Waals surface area contributed by atoms with Gasteiger partial charge in [0.2, 0.25) is 5.72 Å². The van der Waals surface area contributed by atoms with Crippen LogP contribution in [-0.2, 0) is 25.4 Å². The second-order valence-electron chi connectivity index (χ2n) is 11.5.